The lowest BCUT2D eigenvalue weighted by molar-refractivity contribution is 0.892. The number of hydrazine groups is 1. The molecule has 0 radical (unpaired) electrons. The normalized spacial score (nSPS) is 12.2. The molecule has 2 aromatic rings. The molecule has 0 aromatic carbocycles. The molecular weight excluding hydrogens is 258 g/mol. The number of halogens is 1. The van der Waals surface area contributed by atoms with Gasteiger partial charge in [-0.3, -0.25) is 4.98 Å². The third-order valence-electron chi connectivity index (χ3n) is 2.17. The van der Waals surface area contributed by atoms with E-state index in [-0.39, 0.29) is 6.04 Å². The van der Waals surface area contributed by atoms with Gasteiger partial charge in [-0.1, -0.05) is 11.6 Å². The molecule has 2 rings (SSSR count). The Morgan fingerprint density at radius 2 is 2.12 bits per heavy atom. The zero-order chi connectivity index (χ0) is 12.3. The van der Waals surface area contributed by atoms with Gasteiger partial charge in [-0.05, 0) is 19.1 Å². The van der Waals surface area contributed by atoms with Gasteiger partial charge in [-0.2, -0.15) is 0 Å². The van der Waals surface area contributed by atoms with E-state index in [1.165, 1.54) is 11.3 Å². The molecule has 0 fully saturated rings. The number of aromatic nitrogens is 2. The molecule has 1 atom stereocenters. The van der Waals surface area contributed by atoms with Crippen molar-refractivity contribution in [1.29, 1.82) is 0 Å². The Labute approximate surface area is 108 Å². The summed E-state index contributed by atoms with van der Waals surface area (Å²) in [7, 11) is 0. The first-order valence-electron chi connectivity index (χ1n) is 4.99. The number of nitrogens with two attached hydrogens (primary N) is 1. The Bertz CT molecular complexity index is 501. The number of hydrogen-bond donors (Lipinski definition) is 3. The second-order valence-corrected chi connectivity index (χ2v) is 5.19. The minimum Gasteiger partial charge on any atom is -0.361 e. The summed E-state index contributed by atoms with van der Waals surface area (Å²) in [5.74, 6) is 6.45. The largest absolute Gasteiger partial charge is 0.361 e. The Morgan fingerprint density at radius 3 is 2.76 bits per heavy atom. The molecule has 1 unspecified atom stereocenters. The van der Waals surface area contributed by atoms with E-state index in [1.54, 1.807) is 12.4 Å². The van der Waals surface area contributed by atoms with Crippen molar-refractivity contribution in [3.05, 3.63) is 33.7 Å². The number of rotatable bonds is 4. The molecule has 0 saturated heterocycles. The minimum atomic E-state index is 0.120. The second kappa shape index (κ2) is 5.31. The van der Waals surface area contributed by atoms with Crippen LogP contribution >= 0.6 is 22.9 Å². The maximum atomic E-state index is 5.89. The zero-order valence-corrected chi connectivity index (χ0v) is 10.7. The highest BCUT2D eigenvalue weighted by molar-refractivity contribution is 7.16. The highest BCUT2D eigenvalue weighted by Gasteiger charge is 2.09. The van der Waals surface area contributed by atoms with Gasteiger partial charge < -0.3 is 10.7 Å². The molecule has 0 amide bonds. The van der Waals surface area contributed by atoms with Crippen molar-refractivity contribution in [3.63, 3.8) is 0 Å². The van der Waals surface area contributed by atoms with Crippen LogP contribution in [0.25, 0.3) is 0 Å². The first kappa shape index (κ1) is 12.1. The molecule has 90 valence electrons. The van der Waals surface area contributed by atoms with Crippen LogP contribution in [0.5, 0.6) is 0 Å². The Kier molecular flexibility index (Phi) is 3.78. The maximum absolute atomic E-state index is 5.89. The van der Waals surface area contributed by atoms with E-state index >= 15 is 0 Å². The van der Waals surface area contributed by atoms with Gasteiger partial charge >= 0.3 is 0 Å². The molecule has 0 aliphatic carbocycles. The fourth-order valence-corrected chi connectivity index (χ4v) is 2.42. The molecule has 0 saturated carbocycles. The number of nitrogens with zero attached hydrogens (tertiary/aromatic N) is 2. The van der Waals surface area contributed by atoms with Crippen LogP contribution in [0.3, 0.4) is 0 Å². The Hall–Kier alpha value is -1.37. The predicted molar refractivity (Wildman–Crippen MR) is 71.2 cm³/mol. The summed E-state index contributed by atoms with van der Waals surface area (Å²) in [5.41, 5.74) is 2.45. The average Bonchev–Trinajstić information content (AvgIpc) is 2.76. The summed E-state index contributed by atoms with van der Waals surface area (Å²) in [4.78, 5) is 9.38. The Morgan fingerprint density at radius 1 is 1.35 bits per heavy atom. The SMILES string of the molecule is CC(Nc1cncc(NN)n1)c1ccc(Cl)s1. The summed E-state index contributed by atoms with van der Waals surface area (Å²) in [6.45, 7) is 2.03. The van der Waals surface area contributed by atoms with Gasteiger partial charge in [0, 0.05) is 4.88 Å². The molecule has 0 aliphatic heterocycles. The van der Waals surface area contributed by atoms with Crippen LogP contribution < -0.4 is 16.6 Å². The summed E-state index contributed by atoms with van der Waals surface area (Å²) in [6, 6.07) is 3.99. The number of anilines is 2. The topological polar surface area (TPSA) is 75.9 Å². The van der Waals surface area contributed by atoms with Gasteiger partial charge in [0.05, 0.1) is 22.8 Å². The minimum absolute atomic E-state index is 0.120. The average molecular weight is 270 g/mol. The lowest BCUT2D eigenvalue weighted by atomic mass is 10.3. The van der Waals surface area contributed by atoms with Gasteiger partial charge in [0.15, 0.2) is 5.82 Å². The van der Waals surface area contributed by atoms with Crippen molar-refractivity contribution >= 4 is 34.6 Å². The molecule has 0 spiro atoms. The molecule has 0 aliphatic rings. The second-order valence-electron chi connectivity index (χ2n) is 3.44. The van der Waals surface area contributed by atoms with Crippen molar-refractivity contribution in [2.24, 2.45) is 5.84 Å². The Balaban J connectivity index is 2.09. The van der Waals surface area contributed by atoms with Gasteiger partial charge in [0.1, 0.15) is 5.82 Å². The third kappa shape index (κ3) is 3.06. The van der Waals surface area contributed by atoms with Crippen LogP contribution in [-0.4, -0.2) is 9.97 Å². The monoisotopic (exact) mass is 269 g/mol. The van der Waals surface area contributed by atoms with Gasteiger partial charge in [0.2, 0.25) is 0 Å². The maximum Gasteiger partial charge on any atom is 0.160 e. The van der Waals surface area contributed by atoms with Crippen molar-refractivity contribution < 1.29 is 0 Å². The van der Waals surface area contributed by atoms with Crippen LogP contribution in [-0.2, 0) is 0 Å². The lowest BCUT2D eigenvalue weighted by Crippen LogP contribution is -2.11. The zero-order valence-electron chi connectivity index (χ0n) is 9.14. The lowest BCUT2D eigenvalue weighted by Gasteiger charge is -2.12. The predicted octanol–water partition coefficient (Wildman–Crippen LogP) is 2.65. The molecule has 2 heterocycles. The molecular formula is C10H12ClN5S. The number of hydrogen-bond acceptors (Lipinski definition) is 6. The smallest absolute Gasteiger partial charge is 0.160 e. The molecule has 17 heavy (non-hydrogen) atoms. The molecule has 0 bridgehead atoms. The van der Waals surface area contributed by atoms with Crippen LogP contribution in [0.4, 0.5) is 11.6 Å². The fraction of sp³-hybridized carbons (Fsp3) is 0.200. The van der Waals surface area contributed by atoms with Crippen molar-refractivity contribution in [3.8, 4) is 0 Å². The summed E-state index contributed by atoms with van der Waals surface area (Å²) in [6.07, 6.45) is 3.20. The van der Waals surface area contributed by atoms with Crippen molar-refractivity contribution in [1.82, 2.24) is 9.97 Å². The highest BCUT2D eigenvalue weighted by Crippen LogP contribution is 2.28. The first-order valence-corrected chi connectivity index (χ1v) is 6.19. The van der Waals surface area contributed by atoms with E-state index in [4.69, 9.17) is 17.4 Å². The number of nitrogens with one attached hydrogen (secondary N) is 2. The van der Waals surface area contributed by atoms with Crippen LogP contribution in [0.2, 0.25) is 4.34 Å². The van der Waals surface area contributed by atoms with E-state index in [1.807, 2.05) is 19.1 Å². The van der Waals surface area contributed by atoms with Gasteiger partial charge in [-0.25, -0.2) is 10.8 Å². The summed E-state index contributed by atoms with van der Waals surface area (Å²) in [5, 5.41) is 3.23. The van der Waals surface area contributed by atoms with E-state index in [2.05, 4.69) is 20.7 Å². The summed E-state index contributed by atoms with van der Waals surface area (Å²) >= 11 is 7.43. The molecule has 7 heteroatoms. The summed E-state index contributed by atoms with van der Waals surface area (Å²) < 4.78 is 0.775. The molecule has 2 aromatic heterocycles. The molecule has 4 N–H and O–H groups in total. The standard InChI is InChI=1S/C10H12ClN5S/c1-6(7-2-3-8(11)17-7)14-9-4-13-5-10(15-9)16-12/h2-6H,12H2,1H3,(H2,14,15,16). The first-order chi connectivity index (χ1) is 8.19. The van der Waals surface area contributed by atoms with Crippen LogP contribution in [0.1, 0.15) is 17.8 Å². The van der Waals surface area contributed by atoms with Crippen molar-refractivity contribution in [2.45, 2.75) is 13.0 Å². The van der Waals surface area contributed by atoms with E-state index in [0.29, 0.717) is 11.6 Å². The number of thiophene rings is 1. The van der Waals surface area contributed by atoms with Gasteiger partial charge in [-0.15, -0.1) is 11.3 Å². The highest BCUT2D eigenvalue weighted by atomic mass is 35.5. The van der Waals surface area contributed by atoms with Crippen LogP contribution in [0.15, 0.2) is 24.5 Å². The van der Waals surface area contributed by atoms with E-state index in [0.717, 1.165) is 9.21 Å². The fourth-order valence-electron chi connectivity index (χ4n) is 1.36. The van der Waals surface area contributed by atoms with Crippen LogP contribution in [0, 0.1) is 0 Å². The van der Waals surface area contributed by atoms with E-state index < -0.39 is 0 Å². The van der Waals surface area contributed by atoms with E-state index in [9.17, 15) is 0 Å². The quantitative estimate of drug-likeness (QED) is 0.588. The molecule has 5 nitrogen and oxygen atoms in total. The van der Waals surface area contributed by atoms with Crippen molar-refractivity contribution in [2.75, 3.05) is 10.7 Å². The van der Waals surface area contributed by atoms with Gasteiger partial charge in [0.25, 0.3) is 0 Å². The number of nitrogen functional groups attached to an aromatic ring is 1. The third-order valence-corrected chi connectivity index (χ3v) is 3.58.